The molecule has 0 saturated carbocycles. The molecule has 0 unspecified atom stereocenters. The lowest BCUT2D eigenvalue weighted by atomic mass is 9.98. The van der Waals surface area contributed by atoms with E-state index in [1.165, 1.54) is 11.2 Å². The zero-order chi connectivity index (χ0) is 14.5. The summed E-state index contributed by atoms with van der Waals surface area (Å²) in [4.78, 5) is 10.9. The van der Waals surface area contributed by atoms with Gasteiger partial charge >= 0.3 is 0 Å². The minimum atomic E-state index is -3.30. The van der Waals surface area contributed by atoms with Gasteiger partial charge in [-0.25, -0.2) is 0 Å². The predicted octanol–water partition coefficient (Wildman–Crippen LogP) is 0.421. The highest BCUT2D eigenvalue weighted by atomic mass is 32.2. The first-order chi connectivity index (χ1) is 8.91. The Hall–Kier alpha value is -0.660. The van der Waals surface area contributed by atoms with E-state index in [4.69, 9.17) is 0 Å². The first kappa shape index (κ1) is 16.4. The number of hydrogen-bond donors (Lipinski definition) is 1. The van der Waals surface area contributed by atoms with Gasteiger partial charge in [0, 0.05) is 39.6 Å². The molecule has 112 valence electrons. The van der Waals surface area contributed by atoms with Crippen LogP contribution in [-0.4, -0.2) is 55.7 Å². The smallest absolute Gasteiger partial charge is 0.281 e. The number of carbonyl (C=O) groups is 1. The molecule has 1 aliphatic heterocycles. The second-order valence-electron chi connectivity index (χ2n) is 4.87. The van der Waals surface area contributed by atoms with Crippen molar-refractivity contribution in [2.24, 2.45) is 5.92 Å². The molecular formula is C12H25N3O3S. The van der Waals surface area contributed by atoms with Crippen LogP contribution in [0.4, 0.5) is 0 Å². The zero-order valence-electron chi connectivity index (χ0n) is 12.1. The highest BCUT2D eigenvalue weighted by molar-refractivity contribution is 7.86. The standard InChI is InChI=1S/C12H25N3O3S/c1-4-14(5-2)19(17,18)15-8-6-12(7-9-15)10-13-11(3)16/h12H,4-10H2,1-3H3,(H,13,16). The number of nitrogens with zero attached hydrogens (tertiary/aromatic N) is 2. The summed E-state index contributed by atoms with van der Waals surface area (Å²) in [6.45, 7) is 7.95. The monoisotopic (exact) mass is 291 g/mol. The highest BCUT2D eigenvalue weighted by Crippen LogP contribution is 2.20. The Labute approximate surface area is 116 Å². The van der Waals surface area contributed by atoms with Gasteiger partial charge in [-0.05, 0) is 18.8 Å². The van der Waals surface area contributed by atoms with Crippen molar-refractivity contribution >= 4 is 16.1 Å². The van der Waals surface area contributed by atoms with Gasteiger partial charge < -0.3 is 5.32 Å². The number of hydrogen-bond acceptors (Lipinski definition) is 3. The normalized spacial score (nSPS) is 18.7. The molecule has 1 saturated heterocycles. The van der Waals surface area contributed by atoms with E-state index < -0.39 is 10.2 Å². The largest absolute Gasteiger partial charge is 0.356 e. The molecule has 6 nitrogen and oxygen atoms in total. The Morgan fingerprint density at radius 2 is 1.79 bits per heavy atom. The van der Waals surface area contributed by atoms with Crippen LogP contribution in [0.3, 0.4) is 0 Å². The SMILES string of the molecule is CCN(CC)S(=O)(=O)N1CCC(CNC(C)=O)CC1. The van der Waals surface area contributed by atoms with Crippen molar-refractivity contribution in [2.75, 3.05) is 32.7 Å². The van der Waals surface area contributed by atoms with Gasteiger partial charge in [0.2, 0.25) is 5.91 Å². The van der Waals surface area contributed by atoms with Gasteiger partial charge in [-0.3, -0.25) is 4.79 Å². The van der Waals surface area contributed by atoms with Crippen molar-refractivity contribution in [3.05, 3.63) is 0 Å². The van der Waals surface area contributed by atoms with Crippen LogP contribution in [0.1, 0.15) is 33.6 Å². The maximum Gasteiger partial charge on any atom is 0.281 e. The number of nitrogens with one attached hydrogen (secondary N) is 1. The highest BCUT2D eigenvalue weighted by Gasteiger charge is 2.31. The number of carbonyl (C=O) groups excluding carboxylic acids is 1. The Morgan fingerprint density at radius 1 is 1.26 bits per heavy atom. The fraction of sp³-hybridized carbons (Fsp3) is 0.917. The molecule has 0 aliphatic carbocycles. The van der Waals surface area contributed by atoms with E-state index in [9.17, 15) is 13.2 Å². The molecule has 1 heterocycles. The molecule has 0 bridgehead atoms. The average Bonchev–Trinajstić information content (AvgIpc) is 2.38. The van der Waals surface area contributed by atoms with E-state index in [0.29, 0.717) is 38.6 Å². The molecule has 0 atom stereocenters. The van der Waals surface area contributed by atoms with Gasteiger partial charge in [-0.2, -0.15) is 17.0 Å². The second kappa shape index (κ2) is 7.21. The third-order valence-electron chi connectivity index (χ3n) is 3.57. The molecule has 0 radical (unpaired) electrons. The van der Waals surface area contributed by atoms with E-state index >= 15 is 0 Å². The Morgan fingerprint density at radius 3 is 2.21 bits per heavy atom. The van der Waals surface area contributed by atoms with Crippen LogP contribution in [-0.2, 0) is 15.0 Å². The van der Waals surface area contributed by atoms with Crippen LogP contribution in [0.2, 0.25) is 0 Å². The van der Waals surface area contributed by atoms with Gasteiger partial charge in [-0.1, -0.05) is 13.8 Å². The summed E-state index contributed by atoms with van der Waals surface area (Å²) in [5.74, 6) is 0.352. The van der Waals surface area contributed by atoms with Crippen LogP contribution in [0, 0.1) is 5.92 Å². The lowest BCUT2D eigenvalue weighted by Gasteiger charge is -2.34. The zero-order valence-corrected chi connectivity index (χ0v) is 12.9. The summed E-state index contributed by atoms with van der Waals surface area (Å²) >= 11 is 0. The number of piperidine rings is 1. The van der Waals surface area contributed by atoms with Gasteiger partial charge in [0.15, 0.2) is 0 Å². The molecule has 1 fully saturated rings. The van der Waals surface area contributed by atoms with Crippen molar-refractivity contribution in [1.29, 1.82) is 0 Å². The Bertz CT molecular complexity index is 385. The van der Waals surface area contributed by atoms with Crippen LogP contribution in [0.25, 0.3) is 0 Å². The maximum absolute atomic E-state index is 12.3. The van der Waals surface area contributed by atoms with Gasteiger partial charge in [0.25, 0.3) is 10.2 Å². The van der Waals surface area contributed by atoms with E-state index in [1.807, 2.05) is 13.8 Å². The molecule has 0 aromatic heterocycles. The van der Waals surface area contributed by atoms with Crippen LogP contribution in [0.15, 0.2) is 0 Å². The minimum Gasteiger partial charge on any atom is -0.356 e. The quantitative estimate of drug-likeness (QED) is 0.771. The van der Waals surface area contributed by atoms with Gasteiger partial charge in [0.1, 0.15) is 0 Å². The summed E-state index contributed by atoms with van der Waals surface area (Å²) in [6.07, 6.45) is 1.61. The van der Waals surface area contributed by atoms with Crippen molar-refractivity contribution in [1.82, 2.24) is 13.9 Å². The van der Waals surface area contributed by atoms with E-state index in [-0.39, 0.29) is 5.91 Å². The summed E-state index contributed by atoms with van der Waals surface area (Å²) in [5, 5.41) is 2.80. The van der Waals surface area contributed by atoms with Gasteiger partial charge in [0.05, 0.1) is 0 Å². The Kier molecular flexibility index (Phi) is 6.22. The lowest BCUT2D eigenvalue weighted by molar-refractivity contribution is -0.119. The average molecular weight is 291 g/mol. The van der Waals surface area contributed by atoms with E-state index in [2.05, 4.69) is 5.32 Å². The summed E-state index contributed by atoms with van der Waals surface area (Å²) in [7, 11) is -3.30. The first-order valence-electron chi connectivity index (χ1n) is 6.91. The van der Waals surface area contributed by atoms with Crippen molar-refractivity contribution in [2.45, 2.75) is 33.6 Å². The van der Waals surface area contributed by atoms with E-state index in [1.54, 1.807) is 4.31 Å². The molecule has 1 aliphatic rings. The Balaban J connectivity index is 2.51. The lowest BCUT2D eigenvalue weighted by Crippen LogP contribution is -2.48. The molecule has 0 spiro atoms. The van der Waals surface area contributed by atoms with Crippen molar-refractivity contribution < 1.29 is 13.2 Å². The third kappa shape index (κ3) is 4.43. The first-order valence-corrected chi connectivity index (χ1v) is 8.31. The predicted molar refractivity (Wildman–Crippen MR) is 74.8 cm³/mol. The number of amides is 1. The summed E-state index contributed by atoms with van der Waals surface area (Å²) in [5.41, 5.74) is 0. The fourth-order valence-electron chi connectivity index (χ4n) is 2.35. The molecule has 19 heavy (non-hydrogen) atoms. The molecule has 0 aromatic rings. The topological polar surface area (TPSA) is 69.7 Å². The number of rotatable bonds is 6. The molecular weight excluding hydrogens is 266 g/mol. The summed E-state index contributed by atoms with van der Waals surface area (Å²) < 4.78 is 27.7. The fourth-order valence-corrected chi connectivity index (χ4v) is 4.00. The molecule has 0 aromatic carbocycles. The van der Waals surface area contributed by atoms with Crippen molar-refractivity contribution in [3.8, 4) is 0 Å². The van der Waals surface area contributed by atoms with Crippen LogP contribution in [0.5, 0.6) is 0 Å². The molecule has 1 amide bonds. The van der Waals surface area contributed by atoms with Gasteiger partial charge in [-0.15, -0.1) is 0 Å². The van der Waals surface area contributed by atoms with E-state index in [0.717, 1.165) is 12.8 Å². The minimum absolute atomic E-state index is 0.0295. The van der Waals surface area contributed by atoms with Crippen LogP contribution < -0.4 is 5.32 Å². The molecule has 7 heteroatoms. The summed E-state index contributed by atoms with van der Waals surface area (Å²) in [6, 6.07) is 0. The second-order valence-corrected chi connectivity index (χ2v) is 6.80. The molecule has 1 rings (SSSR count). The molecule has 1 N–H and O–H groups in total. The van der Waals surface area contributed by atoms with Crippen LogP contribution >= 0.6 is 0 Å². The maximum atomic E-state index is 12.3. The third-order valence-corrected chi connectivity index (χ3v) is 5.76. The van der Waals surface area contributed by atoms with Crippen molar-refractivity contribution in [3.63, 3.8) is 0 Å².